The third-order valence-corrected chi connectivity index (χ3v) is 4.31. The highest BCUT2D eigenvalue weighted by atomic mass is 35.5. The second-order valence-electron chi connectivity index (χ2n) is 5.30. The molecule has 0 unspecified atom stereocenters. The molecule has 0 spiro atoms. The molecular weight excluding hydrogens is 368 g/mol. The second kappa shape index (κ2) is 8.83. The first kappa shape index (κ1) is 19.2. The van der Waals surface area contributed by atoms with Crippen LogP contribution in [0.25, 0.3) is 0 Å². The summed E-state index contributed by atoms with van der Waals surface area (Å²) in [4.78, 5) is 24.0. The van der Waals surface area contributed by atoms with Crippen molar-refractivity contribution in [2.45, 2.75) is 18.9 Å². The van der Waals surface area contributed by atoms with Gasteiger partial charge in [-0.15, -0.1) is 0 Å². The summed E-state index contributed by atoms with van der Waals surface area (Å²) in [5.74, 6) is -1.56. The summed E-state index contributed by atoms with van der Waals surface area (Å²) in [6, 6.07) is 10.3. The van der Waals surface area contributed by atoms with Gasteiger partial charge in [0.25, 0.3) is 0 Å². The summed E-state index contributed by atoms with van der Waals surface area (Å²) in [5.41, 5.74) is 0.667. The van der Waals surface area contributed by atoms with Gasteiger partial charge in [-0.2, -0.15) is 0 Å². The maximum Gasteiger partial charge on any atom is 0.307 e. The number of halogens is 3. The molecule has 132 valence electrons. The Morgan fingerprint density at radius 2 is 1.80 bits per heavy atom. The summed E-state index contributed by atoms with van der Waals surface area (Å²) in [7, 11) is 1.26. The summed E-state index contributed by atoms with van der Waals surface area (Å²) >= 11 is 12.1. The van der Waals surface area contributed by atoms with Crippen LogP contribution in [0.4, 0.5) is 4.39 Å². The second-order valence-corrected chi connectivity index (χ2v) is 6.11. The summed E-state index contributed by atoms with van der Waals surface area (Å²) in [6.07, 6.45) is -0.357. The standard InChI is InChI=1S/C18H16Cl2FNO3/c1-25-18(24)10-16(11-5-2-3-6-13(11)19)22-17(23)9-12-14(20)7-4-8-15(12)21/h2-8,16H,9-10H2,1H3,(H,22,23)/t16-/m1/s1. The average Bonchev–Trinajstić information content (AvgIpc) is 2.58. The fraction of sp³-hybridized carbons (Fsp3) is 0.222. The average molecular weight is 384 g/mol. The zero-order valence-electron chi connectivity index (χ0n) is 13.4. The van der Waals surface area contributed by atoms with Gasteiger partial charge in [0, 0.05) is 15.6 Å². The largest absolute Gasteiger partial charge is 0.469 e. The number of hydrogen-bond donors (Lipinski definition) is 1. The van der Waals surface area contributed by atoms with Gasteiger partial charge in [0.1, 0.15) is 5.82 Å². The fourth-order valence-electron chi connectivity index (χ4n) is 2.35. The van der Waals surface area contributed by atoms with E-state index in [1.54, 1.807) is 24.3 Å². The predicted octanol–water partition coefficient (Wildman–Crippen LogP) is 4.10. The van der Waals surface area contributed by atoms with Gasteiger partial charge in [0.2, 0.25) is 5.91 Å². The number of benzene rings is 2. The zero-order valence-corrected chi connectivity index (χ0v) is 14.9. The molecule has 2 rings (SSSR count). The van der Waals surface area contributed by atoms with Gasteiger partial charge in [0.05, 0.1) is 26.0 Å². The smallest absolute Gasteiger partial charge is 0.307 e. The molecular formula is C18H16Cl2FNO3. The Balaban J connectivity index is 2.20. The molecule has 1 amide bonds. The number of esters is 1. The van der Waals surface area contributed by atoms with Crippen LogP contribution in [0.5, 0.6) is 0 Å². The molecule has 0 heterocycles. The van der Waals surface area contributed by atoms with Crippen LogP contribution in [0, 0.1) is 5.82 Å². The third-order valence-electron chi connectivity index (χ3n) is 3.61. The van der Waals surface area contributed by atoms with E-state index in [2.05, 4.69) is 10.1 Å². The van der Waals surface area contributed by atoms with Crippen LogP contribution < -0.4 is 5.32 Å². The molecule has 25 heavy (non-hydrogen) atoms. The highest BCUT2D eigenvalue weighted by Crippen LogP contribution is 2.26. The molecule has 0 fully saturated rings. The van der Waals surface area contributed by atoms with Crippen LogP contribution in [0.15, 0.2) is 42.5 Å². The molecule has 4 nitrogen and oxygen atoms in total. The molecule has 2 aromatic carbocycles. The predicted molar refractivity (Wildman–Crippen MR) is 94.1 cm³/mol. The SMILES string of the molecule is COC(=O)C[C@@H](NC(=O)Cc1c(F)cccc1Cl)c1ccccc1Cl. The third kappa shape index (κ3) is 5.18. The molecule has 0 aliphatic rings. The van der Waals surface area contributed by atoms with E-state index in [1.165, 1.54) is 25.3 Å². The van der Waals surface area contributed by atoms with Crippen molar-refractivity contribution in [3.05, 3.63) is 69.5 Å². The van der Waals surface area contributed by atoms with Gasteiger partial charge in [-0.1, -0.05) is 47.5 Å². The van der Waals surface area contributed by atoms with Gasteiger partial charge in [0.15, 0.2) is 0 Å². The Bertz CT molecular complexity index is 762. The lowest BCUT2D eigenvalue weighted by Gasteiger charge is -2.19. The molecule has 0 radical (unpaired) electrons. The summed E-state index contributed by atoms with van der Waals surface area (Å²) < 4.78 is 18.5. The van der Waals surface area contributed by atoms with Crippen molar-refractivity contribution in [1.29, 1.82) is 0 Å². The van der Waals surface area contributed by atoms with E-state index in [9.17, 15) is 14.0 Å². The molecule has 1 atom stereocenters. The normalized spacial score (nSPS) is 11.7. The number of nitrogens with one attached hydrogen (secondary N) is 1. The first-order valence-corrected chi connectivity index (χ1v) is 8.21. The van der Waals surface area contributed by atoms with Crippen molar-refractivity contribution in [3.63, 3.8) is 0 Å². The number of amides is 1. The Labute approximate surface area is 154 Å². The minimum atomic E-state index is -0.695. The van der Waals surface area contributed by atoms with E-state index < -0.39 is 23.7 Å². The Kier molecular flexibility index (Phi) is 6.79. The topological polar surface area (TPSA) is 55.4 Å². The van der Waals surface area contributed by atoms with Crippen molar-refractivity contribution < 1.29 is 18.7 Å². The van der Waals surface area contributed by atoms with Gasteiger partial charge in [-0.25, -0.2) is 4.39 Å². The van der Waals surface area contributed by atoms with Crippen LogP contribution in [0.3, 0.4) is 0 Å². The Morgan fingerprint density at radius 1 is 1.12 bits per heavy atom. The quantitative estimate of drug-likeness (QED) is 0.764. The maximum absolute atomic E-state index is 13.8. The number of ether oxygens (including phenoxy) is 1. The summed E-state index contributed by atoms with van der Waals surface area (Å²) in [5, 5.41) is 3.26. The molecule has 0 saturated heterocycles. The van der Waals surface area contributed by atoms with E-state index in [0.717, 1.165) is 0 Å². The summed E-state index contributed by atoms with van der Waals surface area (Å²) in [6.45, 7) is 0. The molecule has 0 aliphatic heterocycles. The van der Waals surface area contributed by atoms with E-state index in [4.69, 9.17) is 23.2 Å². The van der Waals surface area contributed by atoms with Crippen LogP contribution >= 0.6 is 23.2 Å². The Morgan fingerprint density at radius 3 is 2.44 bits per heavy atom. The number of carbonyl (C=O) groups is 2. The molecule has 0 bridgehead atoms. The van der Waals surface area contributed by atoms with E-state index in [1.807, 2.05) is 0 Å². The number of hydrogen-bond acceptors (Lipinski definition) is 3. The number of methoxy groups -OCH3 is 1. The highest BCUT2D eigenvalue weighted by Gasteiger charge is 2.22. The molecule has 1 N–H and O–H groups in total. The highest BCUT2D eigenvalue weighted by molar-refractivity contribution is 6.31. The minimum Gasteiger partial charge on any atom is -0.469 e. The van der Waals surface area contributed by atoms with Crippen LogP contribution in [0.2, 0.25) is 10.0 Å². The zero-order chi connectivity index (χ0) is 18.4. The van der Waals surface area contributed by atoms with Crippen LogP contribution in [0.1, 0.15) is 23.6 Å². The van der Waals surface area contributed by atoms with Gasteiger partial charge < -0.3 is 10.1 Å². The molecule has 2 aromatic rings. The van der Waals surface area contributed by atoms with Crippen LogP contribution in [-0.2, 0) is 20.7 Å². The minimum absolute atomic E-state index is 0.0950. The van der Waals surface area contributed by atoms with Crippen molar-refractivity contribution >= 4 is 35.1 Å². The van der Waals surface area contributed by atoms with Crippen LogP contribution in [-0.4, -0.2) is 19.0 Å². The first-order valence-electron chi connectivity index (χ1n) is 7.46. The molecule has 0 aromatic heterocycles. The van der Waals surface area contributed by atoms with Gasteiger partial charge in [-0.3, -0.25) is 9.59 Å². The number of carbonyl (C=O) groups excluding carboxylic acids is 2. The van der Waals surface area contributed by atoms with E-state index in [0.29, 0.717) is 10.6 Å². The van der Waals surface area contributed by atoms with Crippen molar-refractivity contribution in [2.24, 2.45) is 0 Å². The van der Waals surface area contributed by atoms with E-state index >= 15 is 0 Å². The van der Waals surface area contributed by atoms with Crippen molar-refractivity contribution in [2.75, 3.05) is 7.11 Å². The van der Waals surface area contributed by atoms with Gasteiger partial charge in [-0.05, 0) is 23.8 Å². The lowest BCUT2D eigenvalue weighted by atomic mass is 10.0. The lowest BCUT2D eigenvalue weighted by Crippen LogP contribution is -2.32. The molecule has 7 heteroatoms. The maximum atomic E-state index is 13.8. The molecule has 0 saturated carbocycles. The van der Waals surface area contributed by atoms with E-state index in [-0.39, 0.29) is 23.4 Å². The van der Waals surface area contributed by atoms with Crippen molar-refractivity contribution in [3.8, 4) is 0 Å². The number of rotatable bonds is 6. The molecule has 0 aliphatic carbocycles. The first-order chi connectivity index (χ1) is 11.9. The Hall–Kier alpha value is -2.11. The lowest BCUT2D eigenvalue weighted by molar-refractivity contribution is -0.141. The van der Waals surface area contributed by atoms with Crippen molar-refractivity contribution in [1.82, 2.24) is 5.32 Å². The monoisotopic (exact) mass is 383 g/mol. The van der Waals surface area contributed by atoms with Gasteiger partial charge >= 0.3 is 5.97 Å². The fourth-order valence-corrected chi connectivity index (χ4v) is 2.85.